The van der Waals surface area contributed by atoms with Crippen molar-refractivity contribution in [1.82, 2.24) is 9.97 Å². The zero-order chi connectivity index (χ0) is 20.1. The van der Waals surface area contributed by atoms with Crippen molar-refractivity contribution in [3.05, 3.63) is 11.8 Å². The van der Waals surface area contributed by atoms with Crippen molar-refractivity contribution in [1.29, 1.82) is 0 Å². The van der Waals surface area contributed by atoms with Gasteiger partial charge in [0.2, 0.25) is 5.95 Å². The average Bonchev–Trinajstić information content (AvgIpc) is 2.64. The van der Waals surface area contributed by atoms with E-state index in [2.05, 4.69) is 27.5 Å². The lowest BCUT2D eigenvalue weighted by atomic mass is 9.78. The molecule has 1 aromatic heterocycles. The van der Waals surface area contributed by atoms with Crippen LogP contribution in [0.3, 0.4) is 0 Å². The molecule has 0 aromatic carbocycles. The number of carbonyl (C=O) groups excluding carboxylic acids is 1. The first kappa shape index (κ1) is 20.8. The molecule has 156 valence electrons. The maximum atomic E-state index is 13.7. The lowest BCUT2D eigenvalue weighted by Gasteiger charge is -2.39. The van der Waals surface area contributed by atoms with E-state index < -0.39 is 12.1 Å². The second-order valence-corrected chi connectivity index (χ2v) is 8.31. The maximum absolute atomic E-state index is 13.7. The van der Waals surface area contributed by atoms with E-state index in [0.717, 1.165) is 44.9 Å². The third kappa shape index (κ3) is 5.10. The number of aliphatic hydroxyl groups is 1. The molecule has 1 amide bonds. The van der Waals surface area contributed by atoms with Gasteiger partial charge in [-0.05, 0) is 57.8 Å². The lowest BCUT2D eigenvalue weighted by molar-refractivity contribution is 0.100. The Bertz CT molecular complexity index is 679. The Balaban J connectivity index is 1.80. The van der Waals surface area contributed by atoms with Gasteiger partial charge in [0.15, 0.2) is 0 Å². The van der Waals surface area contributed by atoms with Crippen molar-refractivity contribution < 1.29 is 14.3 Å². The number of hydrogen-bond donors (Lipinski definition) is 4. The van der Waals surface area contributed by atoms with Crippen molar-refractivity contribution in [2.24, 2.45) is 5.73 Å². The van der Waals surface area contributed by atoms with E-state index in [0.29, 0.717) is 31.0 Å². The molecule has 28 heavy (non-hydrogen) atoms. The molecule has 0 saturated heterocycles. The van der Waals surface area contributed by atoms with Gasteiger partial charge in [0.1, 0.15) is 12.0 Å². The summed E-state index contributed by atoms with van der Waals surface area (Å²) in [6.45, 7) is 2.11. The highest BCUT2D eigenvalue weighted by molar-refractivity contribution is 5.97. The van der Waals surface area contributed by atoms with Gasteiger partial charge in [-0.3, -0.25) is 4.79 Å². The Morgan fingerprint density at radius 2 is 2.11 bits per heavy atom. The molecule has 8 heteroatoms. The van der Waals surface area contributed by atoms with E-state index in [1.807, 2.05) is 0 Å². The number of amides is 1. The normalized spacial score (nSPS) is 30.6. The van der Waals surface area contributed by atoms with E-state index in [4.69, 9.17) is 5.73 Å². The van der Waals surface area contributed by atoms with E-state index in [-0.39, 0.29) is 23.2 Å². The summed E-state index contributed by atoms with van der Waals surface area (Å²) in [6, 6.07) is 0.0381. The first-order chi connectivity index (χ1) is 13.4. The summed E-state index contributed by atoms with van der Waals surface area (Å²) in [4.78, 5) is 20.7. The molecular formula is C20H32FN5O2. The number of nitrogens with two attached hydrogens (primary N) is 1. The van der Waals surface area contributed by atoms with Gasteiger partial charge in [-0.2, -0.15) is 4.98 Å². The molecule has 2 aliphatic carbocycles. The van der Waals surface area contributed by atoms with Crippen molar-refractivity contribution >= 4 is 17.7 Å². The molecule has 2 fully saturated rings. The fourth-order valence-electron chi connectivity index (χ4n) is 4.51. The van der Waals surface area contributed by atoms with Gasteiger partial charge < -0.3 is 21.5 Å². The van der Waals surface area contributed by atoms with Crippen LogP contribution >= 0.6 is 0 Å². The number of halogens is 1. The Morgan fingerprint density at radius 3 is 2.75 bits per heavy atom. The molecule has 2 saturated carbocycles. The van der Waals surface area contributed by atoms with Gasteiger partial charge in [-0.1, -0.05) is 13.3 Å². The van der Waals surface area contributed by atoms with E-state index in [1.165, 1.54) is 6.20 Å². The highest BCUT2D eigenvalue weighted by Crippen LogP contribution is 2.36. The summed E-state index contributed by atoms with van der Waals surface area (Å²) >= 11 is 0. The van der Waals surface area contributed by atoms with Crippen LogP contribution in [0, 0.1) is 0 Å². The van der Waals surface area contributed by atoms with Crippen LogP contribution in [-0.2, 0) is 0 Å². The van der Waals surface area contributed by atoms with E-state index in [9.17, 15) is 14.3 Å². The Hall–Kier alpha value is -1.96. The Labute approximate surface area is 165 Å². The topological polar surface area (TPSA) is 113 Å². The molecule has 5 N–H and O–H groups in total. The van der Waals surface area contributed by atoms with Gasteiger partial charge in [-0.15, -0.1) is 0 Å². The lowest BCUT2D eigenvalue weighted by Crippen LogP contribution is -2.43. The molecule has 0 aliphatic heterocycles. The largest absolute Gasteiger partial charge is 0.393 e. The average molecular weight is 394 g/mol. The van der Waals surface area contributed by atoms with Crippen LogP contribution in [0.1, 0.15) is 81.5 Å². The Kier molecular flexibility index (Phi) is 6.69. The molecule has 2 aliphatic rings. The van der Waals surface area contributed by atoms with Gasteiger partial charge >= 0.3 is 0 Å². The molecule has 0 bridgehead atoms. The minimum atomic E-state index is -0.736. The highest BCUT2D eigenvalue weighted by Gasteiger charge is 2.35. The predicted octanol–water partition coefficient (Wildman–Crippen LogP) is 3.15. The summed E-state index contributed by atoms with van der Waals surface area (Å²) in [5.74, 6) is 0.233. The van der Waals surface area contributed by atoms with Crippen LogP contribution in [0.5, 0.6) is 0 Å². The molecule has 0 radical (unpaired) electrons. The number of aliphatic hydroxyl groups excluding tert-OH is 1. The molecule has 3 rings (SSSR count). The van der Waals surface area contributed by atoms with Crippen LogP contribution in [0.4, 0.5) is 16.2 Å². The third-order valence-corrected chi connectivity index (χ3v) is 6.02. The van der Waals surface area contributed by atoms with Crippen molar-refractivity contribution in [3.8, 4) is 0 Å². The monoisotopic (exact) mass is 393 g/mol. The number of primary amides is 1. The first-order valence-corrected chi connectivity index (χ1v) is 10.4. The number of nitrogens with zero attached hydrogens (tertiary/aromatic N) is 2. The van der Waals surface area contributed by atoms with Crippen molar-refractivity contribution in [2.75, 3.05) is 10.6 Å². The summed E-state index contributed by atoms with van der Waals surface area (Å²) in [5, 5.41) is 16.6. The summed E-state index contributed by atoms with van der Waals surface area (Å²) in [6.07, 6.45) is 8.05. The number of rotatable bonds is 7. The molecule has 1 heterocycles. The van der Waals surface area contributed by atoms with Crippen LogP contribution < -0.4 is 16.4 Å². The fourth-order valence-corrected chi connectivity index (χ4v) is 4.51. The van der Waals surface area contributed by atoms with Crippen LogP contribution in [0.25, 0.3) is 0 Å². The van der Waals surface area contributed by atoms with Crippen molar-refractivity contribution in [3.63, 3.8) is 0 Å². The summed E-state index contributed by atoms with van der Waals surface area (Å²) < 4.78 is 13.7. The van der Waals surface area contributed by atoms with Gasteiger partial charge in [-0.25, -0.2) is 9.37 Å². The second kappa shape index (κ2) is 9.03. The minimum Gasteiger partial charge on any atom is -0.393 e. The standard InChI is InChI=1S/C20H32FN5O2/c1-2-8-20(9-6-13(21)7-10-20)26-19-23-12-16(17(22)28)18(25-19)24-14-4-3-5-15(27)11-14/h12-15,27H,2-11H2,1H3,(H2,22,28)(H2,23,24,25,26). The Morgan fingerprint density at radius 1 is 1.36 bits per heavy atom. The first-order valence-electron chi connectivity index (χ1n) is 10.4. The summed E-state index contributed by atoms with van der Waals surface area (Å²) in [7, 11) is 0. The molecule has 1 aromatic rings. The predicted molar refractivity (Wildman–Crippen MR) is 107 cm³/mol. The van der Waals surface area contributed by atoms with Gasteiger partial charge in [0.25, 0.3) is 5.91 Å². The van der Waals surface area contributed by atoms with Crippen LogP contribution in [-0.4, -0.2) is 44.8 Å². The molecular weight excluding hydrogens is 361 g/mol. The van der Waals surface area contributed by atoms with Crippen LogP contribution in [0.2, 0.25) is 0 Å². The number of aromatic nitrogens is 2. The zero-order valence-electron chi connectivity index (χ0n) is 16.6. The van der Waals surface area contributed by atoms with Gasteiger partial charge in [0, 0.05) is 17.8 Å². The highest BCUT2D eigenvalue weighted by atomic mass is 19.1. The molecule has 2 unspecified atom stereocenters. The quantitative estimate of drug-likeness (QED) is 0.566. The maximum Gasteiger partial charge on any atom is 0.254 e. The van der Waals surface area contributed by atoms with E-state index in [1.54, 1.807) is 0 Å². The number of hydrogen-bond acceptors (Lipinski definition) is 6. The third-order valence-electron chi connectivity index (χ3n) is 6.02. The number of carbonyl (C=O) groups is 1. The molecule has 0 spiro atoms. The number of anilines is 2. The van der Waals surface area contributed by atoms with E-state index >= 15 is 0 Å². The summed E-state index contributed by atoms with van der Waals surface area (Å²) in [5.41, 5.74) is 5.52. The number of alkyl halides is 1. The molecule has 7 nitrogen and oxygen atoms in total. The smallest absolute Gasteiger partial charge is 0.254 e. The second-order valence-electron chi connectivity index (χ2n) is 8.31. The SMILES string of the molecule is CCCC1(Nc2ncc(C(N)=O)c(NC3CCCC(O)C3)n2)CCC(F)CC1. The molecule has 2 atom stereocenters. The minimum absolute atomic E-state index is 0.0381. The fraction of sp³-hybridized carbons (Fsp3) is 0.750. The van der Waals surface area contributed by atoms with Crippen LogP contribution in [0.15, 0.2) is 6.20 Å². The van der Waals surface area contributed by atoms with Crippen molar-refractivity contribution in [2.45, 2.75) is 95.0 Å². The zero-order valence-corrected chi connectivity index (χ0v) is 16.6. The number of nitrogens with one attached hydrogen (secondary N) is 2. The van der Waals surface area contributed by atoms with Gasteiger partial charge in [0.05, 0.1) is 11.7 Å².